The van der Waals surface area contributed by atoms with Crippen molar-refractivity contribution in [2.45, 2.75) is 26.8 Å². The second kappa shape index (κ2) is 6.15. The molecule has 4 heteroatoms. The van der Waals surface area contributed by atoms with Crippen molar-refractivity contribution in [3.05, 3.63) is 35.1 Å². The summed E-state index contributed by atoms with van der Waals surface area (Å²) in [6, 6.07) is 4.61. The van der Waals surface area contributed by atoms with E-state index in [-0.39, 0.29) is 17.8 Å². The first-order chi connectivity index (χ1) is 7.97. The predicted molar refractivity (Wildman–Crippen MR) is 71.1 cm³/mol. The third-order valence-corrected chi connectivity index (χ3v) is 2.97. The molecule has 0 fully saturated rings. The molecule has 17 heavy (non-hydrogen) atoms. The molecule has 1 rings (SSSR count). The van der Waals surface area contributed by atoms with Crippen LogP contribution in [-0.4, -0.2) is 28.7 Å². The second-order valence-corrected chi connectivity index (χ2v) is 5.04. The first kappa shape index (κ1) is 14.2. The molecule has 0 bridgehead atoms. The Bertz CT molecular complexity index is 406. The maximum Gasteiger partial charge on any atom is 0.254 e. The Hall–Kier alpha value is -0.900. The number of halogens is 2. The molecule has 2 nitrogen and oxygen atoms in total. The lowest BCUT2D eigenvalue weighted by molar-refractivity contribution is 0.0719. The summed E-state index contributed by atoms with van der Waals surface area (Å²) in [5, 5.41) is 0.733. The van der Waals surface area contributed by atoms with E-state index in [4.69, 9.17) is 0 Å². The predicted octanol–water partition coefficient (Wildman–Crippen LogP) is 3.38. The van der Waals surface area contributed by atoms with Crippen LogP contribution in [0.5, 0.6) is 0 Å². The maximum absolute atomic E-state index is 13.1. The minimum absolute atomic E-state index is 0.0532. The SMILES string of the molecule is Cc1cc(C(=O)N(CCBr)C(C)C)ccc1F. The molecular formula is C13H17BrFNO. The molecule has 0 aromatic heterocycles. The first-order valence-electron chi connectivity index (χ1n) is 5.60. The van der Waals surface area contributed by atoms with Crippen LogP contribution in [-0.2, 0) is 0 Å². The summed E-state index contributed by atoms with van der Waals surface area (Å²) in [4.78, 5) is 14.0. The number of aryl methyl sites for hydroxylation is 1. The molecule has 1 amide bonds. The molecule has 1 aromatic rings. The molecule has 0 aliphatic carbocycles. The lowest BCUT2D eigenvalue weighted by atomic mass is 10.1. The Morgan fingerprint density at radius 3 is 2.59 bits per heavy atom. The van der Waals surface area contributed by atoms with Crippen molar-refractivity contribution in [3.8, 4) is 0 Å². The van der Waals surface area contributed by atoms with Gasteiger partial charge in [0, 0.05) is 23.5 Å². The molecule has 0 spiro atoms. The van der Waals surface area contributed by atoms with Crippen molar-refractivity contribution in [2.75, 3.05) is 11.9 Å². The van der Waals surface area contributed by atoms with Gasteiger partial charge < -0.3 is 4.90 Å². The second-order valence-electron chi connectivity index (χ2n) is 4.25. The third-order valence-electron chi connectivity index (χ3n) is 2.61. The molecule has 0 heterocycles. The first-order valence-corrected chi connectivity index (χ1v) is 6.72. The van der Waals surface area contributed by atoms with E-state index in [0.29, 0.717) is 17.7 Å². The standard InChI is InChI=1S/C13H17BrFNO/c1-9(2)16(7-6-14)13(17)11-4-5-12(15)10(3)8-11/h4-5,8-9H,6-7H2,1-3H3. The summed E-state index contributed by atoms with van der Waals surface area (Å²) in [7, 11) is 0. The van der Waals surface area contributed by atoms with Crippen LogP contribution in [0.25, 0.3) is 0 Å². The van der Waals surface area contributed by atoms with Crippen LogP contribution in [0.15, 0.2) is 18.2 Å². The van der Waals surface area contributed by atoms with Gasteiger partial charge in [0.05, 0.1) is 0 Å². The van der Waals surface area contributed by atoms with Gasteiger partial charge in [-0.05, 0) is 44.5 Å². The van der Waals surface area contributed by atoms with E-state index in [1.54, 1.807) is 17.9 Å². The van der Waals surface area contributed by atoms with Crippen molar-refractivity contribution in [3.63, 3.8) is 0 Å². The summed E-state index contributed by atoms with van der Waals surface area (Å²) < 4.78 is 13.1. The van der Waals surface area contributed by atoms with Gasteiger partial charge in [-0.2, -0.15) is 0 Å². The van der Waals surface area contributed by atoms with E-state index in [2.05, 4.69) is 15.9 Å². The number of nitrogens with zero attached hydrogens (tertiary/aromatic N) is 1. The van der Waals surface area contributed by atoms with Crippen LogP contribution in [0.4, 0.5) is 4.39 Å². The lowest BCUT2D eigenvalue weighted by Gasteiger charge is -2.26. The monoisotopic (exact) mass is 301 g/mol. The minimum Gasteiger partial charge on any atom is -0.335 e. The third kappa shape index (κ3) is 3.53. The van der Waals surface area contributed by atoms with Gasteiger partial charge in [0.25, 0.3) is 5.91 Å². The maximum atomic E-state index is 13.1. The van der Waals surface area contributed by atoms with Gasteiger partial charge in [-0.1, -0.05) is 15.9 Å². The van der Waals surface area contributed by atoms with Gasteiger partial charge in [0.15, 0.2) is 0 Å². The number of alkyl halides is 1. The van der Waals surface area contributed by atoms with E-state index in [1.165, 1.54) is 12.1 Å². The highest BCUT2D eigenvalue weighted by atomic mass is 79.9. The average molecular weight is 302 g/mol. The molecule has 0 saturated heterocycles. The molecule has 94 valence electrons. The number of rotatable bonds is 4. The zero-order valence-corrected chi connectivity index (χ0v) is 11.9. The number of hydrogen-bond donors (Lipinski definition) is 0. The van der Waals surface area contributed by atoms with Crippen molar-refractivity contribution in [1.29, 1.82) is 0 Å². The van der Waals surface area contributed by atoms with Gasteiger partial charge in [0.1, 0.15) is 5.82 Å². The van der Waals surface area contributed by atoms with Gasteiger partial charge >= 0.3 is 0 Å². The smallest absolute Gasteiger partial charge is 0.254 e. The highest BCUT2D eigenvalue weighted by Gasteiger charge is 2.18. The molecular weight excluding hydrogens is 285 g/mol. The number of amides is 1. The largest absolute Gasteiger partial charge is 0.335 e. The van der Waals surface area contributed by atoms with Crippen LogP contribution >= 0.6 is 15.9 Å². The minimum atomic E-state index is -0.280. The van der Waals surface area contributed by atoms with Crippen molar-refractivity contribution in [2.24, 2.45) is 0 Å². The Morgan fingerprint density at radius 2 is 2.12 bits per heavy atom. The summed E-state index contributed by atoms with van der Waals surface area (Å²) in [5.74, 6) is -0.333. The normalized spacial score (nSPS) is 10.7. The average Bonchev–Trinajstić information content (AvgIpc) is 2.28. The van der Waals surface area contributed by atoms with Crippen LogP contribution in [0.2, 0.25) is 0 Å². The molecule has 0 saturated carbocycles. The molecule has 0 N–H and O–H groups in total. The molecule has 0 radical (unpaired) electrons. The van der Waals surface area contributed by atoms with E-state index < -0.39 is 0 Å². The van der Waals surface area contributed by atoms with Crippen LogP contribution in [0.3, 0.4) is 0 Å². The fourth-order valence-electron chi connectivity index (χ4n) is 1.63. The number of hydrogen-bond acceptors (Lipinski definition) is 1. The number of carbonyl (C=O) groups is 1. The summed E-state index contributed by atoms with van der Waals surface area (Å²) in [5.41, 5.74) is 1.04. The molecule has 0 atom stereocenters. The number of benzene rings is 1. The number of carbonyl (C=O) groups excluding carboxylic acids is 1. The molecule has 0 unspecified atom stereocenters. The fourth-order valence-corrected chi connectivity index (χ4v) is 2.01. The van der Waals surface area contributed by atoms with E-state index >= 15 is 0 Å². The Labute approximate surface area is 110 Å². The summed E-state index contributed by atoms with van der Waals surface area (Å²) in [6.07, 6.45) is 0. The van der Waals surface area contributed by atoms with Crippen LogP contribution in [0.1, 0.15) is 29.8 Å². The van der Waals surface area contributed by atoms with Crippen molar-refractivity contribution < 1.29 is 9.18 Å². The highest BCUT2D eigenvalue weighted by molar-refractivity contribution is 9.09. The van der Waals surface area contributed by atoms with E-state index in [9.17, 15) is 9.18 Å². The molecule has 0 aliphatic heterocycles. The quantitative estimate of drug-likeness (QED) is 0.781. The van der Waals surface area contributed by atoms with E-state index in [1.807, 2.05) is 13.8 Å². The molecule has 0 aliphatic rings. The molecule has 1 aromatic carbocycles. The van der Waals surface area contributed by atoms with Gasteiger partial charge in [-0.15, -0.1) is 0 Å². The lowest BCUT2D eigenvalue weighted by Crippen LogP contribution is -2.38. The van der Waals surface area contributed by atoms with Gasteiger partial charge in [0.2, 0.25) is 0 Å². The zero-order valence-electron chi connectivity index (χ0n) is 10.3. The van der Waals surface area contributed by atoms with E-state index in [0.717, 1.165) is 5.33 Å². The van der Waals surface area contributed by atoms with Crippen LogP contribution < -0.4 is 0 Å². The van der Waals surface area contributed by atoms with Crippen LogP contribution in [0, 0.1) is 12.7 Å². The summed E-state index contributed by atoms with van der Waals surface area (Å²) in [6.45, 7) is 6.25. The van der Waals surface area contributed by atoms with Gasteiger partial charge in [-0.3, -0.25) is 4.79 Å². The zero-order chi connectivity index (χ0) is 13.0. The van der Waals surface area contributed by atoms with Crippen molar-refractivity contribution in [1.82, 2.24) is 4.90 Å². The highest BCUT2D eigenvalue weighted by Crippen LogP contribution is 2.13. The topological polar surface area (TPSA) is 20.3 Å². The Morgan fingerprint density at radius 1 is 1.47 bits per heavy atom. The van der Waals surface area contributed by atoms with Gasteiger partial charge in [-0.25, -0.2) is 4.39 Å². The fraction of sp³-hybridized carbons (Fsp3) is 0.462. The van der Waals surface area contributed by atoms with Crippen molar-refractivity contribution >= 4 is 21.8 Å². The summed E-state index contributed by atoms with van der Waals surface area (Å²) >= 11 is 3.33. The Kier molecular flexibility index (Phi) is 5.12. The Balaban J connectivity index is 2.97.